The van der Waals surface area contributed by atoms with Gasteiger partial charge in [-0.15, -0.1) is 0 Å². The van der Waals surface area contributed by atoms with Crippen LogP contribution in [0.15, 0.2) is 0 Å². The highest BCUT2D eigenvalue weighted by molar-refractivity contribution is 5.89. The molecule has 1 aliphatic carbocycles. The number of ether oxygens (including phenoxy) is 1. The van der Waals surface area contributed by atoms with E-state index < -0.39 is 6.09 Å². The summed E-state index contributed by atoms with van der Waals surface area (Å²) in [5.41, 5.74) is 0. The first-order valence-corrected chi connectivity index (χ1v) is 5.10. The first kappa shape index (κ1) is 9.49. The molecule has 1 heterocycles. The molecule has 4 atom stereocenters. The highest BCUT2D eigenvalue weighted by Gasteiger charge is 2.44. The van der Waals surface area contributed by atoms with Gasteiger partial charge in [0.1, 0.15) is 0 Å². The Kier molecular flexibility index (Phi) is 2.21. The number of hydrogen-bond donors (Lipinski definition) is 1. The lowest BCUT2D eigenvalue weighted by molar-refractivity contribution is -0.149. The lowest BCUT2D eigenvalue weighted by Gasteiger charge is -2.40. The molecule has 2 fully saturated rings. The summed E-state index contributed by atoms with van der Waals surface area (Å²) < 4.78 is 4.56. The normalized spacial score (nSPS) is 42.4. The number of amides is 1. The highest BCUT2D eigenvalue weighted by atomic mass is 16.6. The van der Waals surface area contributed by atoms with Gasteiger partial charge in [0.25, 0.3) is 0 Å². The summed E-state index contributed by atoms with van der Waals surface area (Å²) >= 11 is 0. The summed E-state index contributed by atoms with van der Waals surface area (Å²) in [5.74, 6) is 0.415. The molecular formula is C10H15NO3. The van der Waals surface area contributed by atoms with Gasteiger partial charge in [-0.3, -0.25) is 4.79 Å². The van der Waals surface area contributed by atoms with Crippen LogP contribution in [-0.2, 0) is 9.53 Å². The number of nitrogens with one attached hydrogen (secondary N) is 1. The Morgan fingerprint density at radius 1 is 1.29 bits per heavy atom. The number of carbonyl (C=O) groups is 2. The van der Waals surface area contributed by atoms with Crippen molar-refractivity contribution < 1.29 is 14.3 Å². The second kappa shape index (κ2) is 3.26. The van der Waals surface area contributed by atoms with Gasteiger partial charge in [0.15, 0.2) is 0 Å². The van der Waals surface area contributed by atoms with Crippen LogP contribution >= 0.6 is 0 Å². The van der Waals surface area contributed by atoms with Crippen LogP contribution in [0.25, 0.3) is 0 Å². The number of alkyl carbamates (subject to hydrolysis) is 1. The quantitative estimate of drug-likeness (QED) is 0.470. The average molecular weight is 197 g/mol. The second-order valence-corrected chi connectivity index (χ2v) is 4.54. The van der Waals surface area contributed by atoms with Crippen LogP contribution in [0.3, 0.4) is 0 Å². The Hall–Kier alpha value is -1.06. The van der Waals surface area contributed by atoms with Crippen molar-refractivity contribution in [3.8, 4) is 0 Å². The molecule has 14 heavy (non-hydrogen) atoms. The van der Waals surface area contributed by atoms with E-state index in [2.05, 4.69) is 23.9 Å². The van der Waals surface area contributed by atoms with E-state index in [1.807, 2.05) is 0 Å². The molecule has 1 saturated heterocycles. The van der Waals surface area contributed by atoms with E-state index in [-0.39, 0.29) is 17.9 Å². The summed E-state index contributed by atoms with van der Waals surface area (Å²) in [5, 5.41) is 2.74. The molecule has 0 radical (unpaired) electrons. The van der Waals surface area contributed by atoms with Gasteiger partial charge in [-0.1, -0.05) is 13.8 Å². The fourth-order valence-electron chi connectivity index (χ4n) is 2.67. The monoisotopic (exact) mass is 197 g/mol. The molecule has 4 unspecified atom stereocenters. The minimum absolute atomic E-state index is 0.0139. The van der Waals surface area contributed by atoms with Crippen LogP contribution in [0.5, 0.6) is 0 Å². The van der Waals surface area contributed by atoms with Crippen LogP contribution in [0.4, 0.5) is 4.79 Å². The van der Waals surface area contributed by atoms with Crippen molar-refractivity contribution in [3.05, 3.63) is 0 Å². The maximum absolute atomic E-state index is 11.4. The lowest BCUT2D eigenvalue weighted by Crippen LogP contribution is -2.56. The zero-order valence-corrected chi connectivity index (χ0v) is 8.45. The predicted octanol–water partition coefficient (Wildman–Crippen LogP) is 1.30. The van der Waals surface area contributed by atoms with Gasteiger partial charge in [0.05, 0.1) is 5.92 Å². The van der Waals surface area contributed by atoms with Crippen LogP contribution in [0, 0.1) is 17.8 Å². The number of cyclic esters (lactones) is 2. The van der Waals surface area contributed by atoms with Crippen molar-refractivity contribution >= 4 is 12.1 Å². The smallest absolute Gasteiger partial charge is 0.376 e. The Bertz CT molecular complexity index is 277. The molecule has 0 aromatic heterocycles. The Balaban J connectivity index is 2.18. The predicted molar refractivity (Wildman–Crippen MR) is 49.5 cm³/mol. The molecule has 1 saturated carbocycles. The molecule has 2 rings (SSSR count). The zero-order valence-electron chi connectivity index (χ0n) is 8.45. The maximum atomic E-state index is 11.4. The minimum atomic E-state index is -0.586. The standard InChI is InChI=1S/C10H15NO3/c1-5-3-6(2)8-7(4-5)9(12)14-10(13)11-8/h5-8H,3-4H2,1-2H3,(H,11,13). The van der Waals surface area contributed by atoms with Crippen molar-refractivity contribution in [2.45, 2.75) is 32.7 Å². The van der Waals surface area contributed by atoms with Gasteiger partial charge < -0.3 is 10.1 Å². The van der Waals surface area contributed by atoms with Crippen molar-refractivity contribution in [3.63, 3.8) is 0 Å². The third-order valence-electron chi connectivity index (χ3n) is 3.26. The van der Waals surface area contributed by atoms with Gasteiger partial charge in [-0.2, -0.15) is 0 Å². The fraction of sp³-hybridized carbons (Fsp3) is 0.800. The van der Waals surface area contributed by atoms with E-state index in [1.54, 1.807) is 0 Å². The molecule has 1 N–H and O–H groups in total. The topological polar surface area (TPSA) is 55.4 Å². The van der Waals surface area contributed by atoms with E-state index in [0.717, 1.165) is 12.8 Å². The molecule has 0 spiro atoms. The minimum Gasteiger partial charge on any atom is -0.376 e. The summed E-state index contributed by atoms with van der Waals surface area (Å²) in [6.07, 6.45) is 1.31. The van der Waals surface area contributed by atoms with Gasteiger partial charge in [0, 0.05) is 6.04 Å². The summed E-state index contributed by atoms with van der Waals surface area (Å²) in [6.45, 7) is 4.21. The molecule has 2 aliphatic rings. The Morgan fingerprint density at radius 2 is 2.00 bits per heavy atom. The van der Waals surface area contributed by atoms with Crippen molar-refractivity contribution in [2.75, 3.05) is 0 Å². The fourth-order valence-corrected chi connectivity index (χ4v) is 2.67. The van der Waals surface area contributed by atoms with Gasteiger partial charge >= 0.3 is 12.1 Å². The van der Waals surface area contributed by atoms with Crippen molar-refractivity contribution in [2.24, 2.45) is 17.8 Å². The second-order valence-electron chi connectivity index (χ2n) is 4.54. The van der Waals surface area contributed by atoms with E-state index in [9.17, 15) is 9.59 Å². The number of esters is 1. The molecule has 4 nitrogen and oxygen atoms in total. The largest absolute Gasteiger partial charge is 0.415 e. The van der Waals surface area contributed by atoms with Crippen LogP contribution in [0.2, 0.25) is 0 Å². The third-order valence-corrected chi connectivity index (χ3v) is 3.26. The van der Waals surface area contributed by atoms with E-state index in [1.165, 1.54) is 0 Å². The lowest BCUT2D eigenvalue weighted by atomic mass is 9.72. The number of hydrogen-bond acceptors (Lipinski definition) is 3. The Morgan fingerprint density at radius 3 is 2.71 bits per heavy atom. The van der Waals surface area contributed by atoms with Gasteiger partial charge in [0.2, 0.25) is 0 Å². The third kappa shape index (κ3) is 1.49. The van der Waals surface area contributed by atoms with E-state index in [0.29, 0.717) is 11.8 Å². The molecule has 78 valence electrons. The average Bonchev–Trinajstić information content (AvgIpc) is 2.07. The van der Waals surface area contributed by atoms with Crippen LogP contribution in [0.1, 0.15) is 26.7 Å². The molecule has 4 heteroatoms. The van der Waals surface area contributed by atoms with Crippen molar-refractivity contribution in [1.82, 2.24) is 5.32 Å². The summed E-state index contributed by atoms with van der Waals surface area (Å²) in [7, 11) is 0. The molecule has 0 aromatic rings. The van der Waals surface area contributed by atoms with E-state index >= 15 is 0 Å². The van der Waals surface area contributed by atoms with E-state index in [4.69, 9.17) is 0 Å². The molecule has 1 amide bonds. The highest BCUT2D eigenvalue weighted by Crippen LogP contribution is 2.35. The molecule has 1 aliphatic heterocycles. The maximum Gasteiger partial charge on any atom is 0.415 e. The number of rotatable bonds is 0. The van der Waals surface area contributed by atoms with Gasteiger partial charge in [-0.05, 0) is 24.7 Å². The van der Waals surface area contributed by atoms with Gasteiger partial charge in [-0.25, -0.2) is 4.79 Å². The molecule has 0 aromatic carbocycles. The SMILES string of the molecule is CC1CC(C)C2NC(=O)OC(=O)C2C1. The molecule has 0 bridgehead atoms. The first-order valence-electron chi connectivity index (χ1n) is 5.10. The van der Waals surface area contributed by atoms with Crippen LogP contribution < -0.4 is 5.32 Å². The van der Waals surface area contributed by atoms with Crippen molar-refractivity contribution in [1.29, 1.82) is 0 Å². The summed E-state index contributed by atoms with van der Waals surface area (Å²) in [6, 6.07) is -0.0139. The zero-order chi connectivity index (χ0) is 10.3. The number of fused-ring (bicyclic) bond motifs is 1. The summed E-state index contributed by atoms with van der Waals surface area (Å²) in [4.78, 5) is 22.4. The first-order chi connectivity index (χ1) is 6.58. The Labute approximate surface area is 83.0 Å². The molecular weight excluding hydrogens is 182 g/mol. The van der Waals surface area contributed by atoms with Crippen LogP contribution in [-0.4, -0.2) is 18.1 Å². The number of carbonyl (C=O) groups excluding carboxylic acids is 2.